The van der Waals surface area contributed by atoms with Crippen LogP contribution in [-0.2, 0) is 23.7 Å². The average Bonchev–Trinajstić information content (AvgIpc) is 2.90. The van der Waals surface area contributed by atoms with Crippen molar-refractivity contribution in [2.45, 2.75) is 155 Å². The van der Waals surface area contributed by atoms with Crippen LogP contribution in [0.5, 0.6) is 0 Å². The van der Waals surface area contributed by atoms with Gasteiger partial charge in [0.05, 0.1) is 35.4 Å². The number of methoxy groups -OCH3 is 1. The Morgan fingerprint density at radius 1 is 1.00 bits per heavy atom. The van der Waals surface area contributed by atoms with Crippen LogP contribution in [0, 0.1) is 23.7 Å². The molecule has 2 heterocycles. The molecule has 14 atom stereocenters. The van der Waals surface area contributed by atoms with Crippen molar-refractivity contribution in [3.63, 3.8) is 0 Å². The van der Waals surface area contributed by atoms with E-state index in [9.17, 15) is 20.1 Å². The molecular formula is C32H62N2O8. The van der Waals surface area contributed by atoms with Gasteiger partial charge in [-0.3, -0.25) is 4.79 Å². The van der Waals surface area contributed by atoms with Gasteiger partial charge in [0, 0.05) is 26.1 Å². The molecule has 0 bridgehead atoms. The van der Waals surface area contributed by atoms with Crippen LogP contribution in [0.15, 0.2) is 0 Å². The van der Waals surface area contributed by atoms with E-state index in [0.29, 0.717) is 25.8 Å². The van der Waals surface area contributed by atoms with Gasteiger partial charge in [-0.25, -0.2) is 0 Å². The fourth-order valence-corrected chi connectivity index (χ4v) is 7.12. The molecule has 2 aliphatic rings. The maximum absolute atomic E-state index is 13.8. The minimum absolute atomic E-state index is 0.0658. The molecule has 10 heteroatoms. The van der Waals surface area contributed by atoms with E-state index in [4.69, 9.17) is 24.7 Å². The van der Waals surface area contributed by atoms with E-state index in [1.807, 2.05) is 60.4 Å². The van der Waals surface area contributed by atoms with Crippen LogP contribution >= 0.6 is 0 Å². The lowest BCUT2D eigenvalue weighted by Gasteiger charge is -2.49. The molecule has 2 aliphatic heterocycles. The van der Waals surface area contributed by atoms with Gasteiger partial charge in [0.2, 0.25) is 0 Å². The van der Waals surface area contributed by atoms with Crippen LogP contribution in [0.25, 0.3) is 0 Å². The smallest absolute Gasteiger partial charge is 0.311 e. The molecule has 2 rings (SSSR count). The number of esters is 1. The molecule has 248 valence electrons. The Bertz CT molecular complexity index is 898. The average molecular weight is 603 g/mol. The monoisotopic (exact) mass is 602 g/mol. The van der Waals surface area contributed by atoms with E-state index < -0.39 is 58.8 Å². The summed E-state index contributed by atoms with van der Waals surface area (Å²) in [6, 6.07) is -0.841. The summed E-state index contributed by atoms with van der Waals surface area (Å²) in [7, 11) is 3.51. The number of nitrogens with two attached hydrogens (primary N) is 1. The van der Waals surface area contributed by atoms with E-state index in [0.717, 1.165) is 0 Å². The summed E-state index contributed by atoms with van der Waals surface area (Å²) in [6.07, 6.45) is -1.57. The van der Waals surface area contributed by atoms with E-state index in [2.05, 4.69) is 6.92 Å². The third kappa shape index (κ3) is 7.50. The SMILES string of the molecule is CC[C@H]1OC(=O)[C@H](C)[C@@H](O[C@H]2C[C@@](C)(OC)[C@@H](N)[C@H](C)O2)[C@H](C)[C@@H](C)[C@](C)(O)C[C@@H](C)CN(C)[C@H](C)C(C)(O)[C@]1(C)O. The normalized spacial score (nSPS) is 50.9. The maximum Gasteiger partial charge on any atom is 0.311 e. The summed E-state index contributed by atoms with van der Waals surface area (Å²) in [6.45, 7) is 20.8. The van der Waals surface area contributed by atoms with Crippen molar-refractivity contribution < 1.29 is 39.1 Å². The summed E-state index contributed by atoms with van der Waals surface area (Å²) < 4.78 is 24.6. The summed E-state index contributed by atoms with van der Waals surface area (Å²) in [5, 5.41) is 35.3. The fraction of sp³-hybridized carbons (Fsp3) is 0.969. The molecule has 1 unspecified atom stereocenters. The fourth-order valence-electron chi connectivity index (χ4n) is 7.12. The van der Waals surface area contributed by atoms with E-state index in [1.54, 1.807) is 21.0 Å². The van der Waals surface area contributed by atoms with Gasteiger partial charge >= 0.3 is 5.97 Å². The zero-order chi connectivity index (χ0) is 32.6. The minimum Gasteiger partial charge on any atom is -0.459 e. The molecule has 42 heavy (non-hydrogen) atoms. The number of hydrogen-bond donors (Lipinski definition) is 4. The number of rotatable bonds is 4. The quantitative estimate of drug-likeness (QED) is 0.355. The van der Waals surface area contributed by atoms with Gasteiger partial charge in [0.25, 0.3) is 0 Å². The van der Waals surface area contributed by atoms with Crippen LogP contribution < -0.4 is 5.73 Å². The van der Waals surface area contributed by atoms with Crippen molar-refractivity contribution in [2.24, 2.45) is 29.4 Å². The van der Waals surface area contributed by atoms with Gasteiger partial charge in [-0.1, -0.05) is 27.7 Å². The molecule has 0 spiro atoms. The Morgan fingerprint density at radius 2 is 1.57 bits per heavy atom. The summed E-state index contributed by atoms with van der Waals surface area (Å²) in [4.78, 5) is 15.8. The molecule has 2 saturated heterocycles. The first-order valence-corrected chi connectivity index (χ1v) is 15.8. The molecule has 0 aromatic heterocycles. The number of aliphatic hydroxyl groups is 3. The molecular weight excluding hydrogens is 540 g/mol. The number of carbonyl (C=O) groups excluding carboxylic acids is 1. The number of hydrogen-bond acceptors (Lipinski definition) is 10. The topological polar surface area (TPSA) is 144 Å². The van der Waals surface area contributed by atoms with Gasteiger partial charge in [0.1, 0.15) is 17.3 Å². The molecule has 0 aromatic carbocycles. The highest BCUT2D eigenvalue weighted by Crippen LogP contribution is 2.40. The third-order valence-corrected chi connectivity index (χ3v) is 11.2. The minimum atomic E-state index is -1.76. The summed E-state index contributed by atoms with van der Waals surface area (Å²) in [5.41, 5.74) is 1.24. The first kappa shape index (κ1) is 37.3. The first-order valence-electron chi connectivity index (χ1n) is 15.8. The van der Waals surface area contributed by atoms with Crippen LogP contribution in [0.2, 0.25) is 0 Å². The van der Waals surface area contributed by atoms with E-state index in [-0.39, 0.29) is 29.9 Å². The predicted molar refractivity (Wildman–Crippen MR) is 163 cm³/mol. The lowest BCUT2D eigenvalue weighted by atomic mass is 9.72. The van der Waals surface area contributed by atoms with Gasteiger partial charge in [-0.15, -0.1) is 0 Å². The van der Waals surface area contributed by atoms with Crippen molar-refractivity contribution >= 4 is 5.97 Å². The number of ether oxygens (including phenoxy) is 4. The van der Waals surface area contributed by atoms with Crippen LogP contribution in [0.1, 0.15) is 95.4 Å². The number of cyclic esters (lactones) is 1. The van der Waals surface area contributed by atoms with E-state index >= 15 is 0 Å². The Labute approximate surface area is 254 Å². The van der Waals surface area contributed by atoms with E-state index in [1.165, 1.54) is 6.92 Å². The van der Waals surface area contributed by atoms with Crippen LogP contribution in [0.3, 0.4) is 0 Å². The van der Waals surface area contributed by atoms with Crippen molar-refractivity contribution in [3.05, 3.63) is 0 Å². The van der Waals surface area contributed by atoms with Gasteiger partial charge in [-0.2, -0.15) is 0 Å². The lowest BCUT2D eigenvalue weighted by Crippen LogP contribution is -2.66. The van der Waals surface area contributed by atoms with Gasteiger partial charge < -0.3 is 44.9 Å². The second-order valence-corrected chi connectivity index (χ2v) is 14.5. The Kier molecular flexibility index (Phi) is 12.1. The molecule has 10 nitrogen and oxygen atoms in total. The zero-order valence-corrected chi connectivity index (χ0v) is 28.5. The van der Waals surface area contributed by atoms with Crippen LogP contribution in [0.4, 0.5) is 0 Å². The Hall–Kier alpha value is -0.850. The largest absolute Gasteiger partial charge is 0.459 e. The summed E-state index contributed by atoms with van der Waals surface area (Å²) >= 11 is 0. The van der Waals surface area contributed by atoms with Crippen LogP contribution in [-0.4, -0.2) is 106 Å². The number of carbonyl (C=O) groups is 1. The lowest BCUT2D eigenvalue weighted by molar-refractivity contribution is -0.274. The first-order chi connectivity index (χ1) is 19.1. The molecule has 0 amide bonds. The predicted octanol–water partition coefficient (Wildman–Crippen LogP) is 3.08. The molecule has 0 saturated carbocycles. The standard InChI is InChI=1S/C32H62N2O8/c1-14-24-32(11,38)31(10,37)23(7)34(12)17-18(2)15-29(8,36)21(5)19(3)26(20(4)28(35)41-24)42-25-16-30(9,39-13)27(33)22(6)40-25/h18-27,36-38H,14-17,33H2,1-13H3/t18-,19-,20-,21-,22+,23-,24-,25+,26+,27+,29-,30-,31?,32-/m1/s1. The van der Waals surface area contributed by atoms with Crippen molar-refractivity contribution in [1.29, 1.82) is 0 Å². The highest BCUT2D eigenvalue weighted by atomic mass is 16.7. The molecule has 5 N–H and O–H groups in total. The Morgan fingerprint density at radius 3 is 2.10 bits per heavy atom. The highest BCUT2D eigenvalue weighted by Gasteiger charge is 2.54. The molecule has 0 radical (unpaired) electrons. The molecule has 0 aromatic rings. The number of likely N-dealkylation sites (N-methyl/N-ethyl adjacent to an activating group) is 1. The molecule has 0 aliphatic carbocycles. The molecule has 2 fully saturated rings. The zero-order valence-electron chi connectivity index (χ0n) is 28.5. The third-order valence-electron chi connectivity index (χ3n) is 11.2. The number of nitrogens with zero attached hydrogens (tertiary/aromatic N) is 1. The second kappa shape index (κ2) is 13.6. The summed E-state index contributed by atoms with van der Waals surface area (Å²) in [5.74, 6) is -1.82. The second-order valence-electron chi connectivity index (χ2n) is 14.5. The maximum atomic E-state index is 13.8. The van der Waals surface area contributed by atoms with Crippen molar-refractivity contribution in [2.75, 3.05) is 20.7 Å². The van der Waals surface area contributed by atoms with Gasteiger partial charge in [-0.05, 0) is 86.1 Å². The van der Waals surface area contributed by atoms with Crippen molar-refractivity contribution in [3.8, 4) is 0 Å². The van der Waals surface area contributed by atoms with Crippen molar-refractivity contribution in [1.82, 2.24) is 4.90 Å². The Balaban J connectivity index is 2.58. The van der Waals surface area contributed by atoms with Gasteiger partial charge in [0.15, 0.2) is 6.29 Å². The highest BCUT2D eigenvalue weighted by molar-refractivity contribution is 5.73.